The van der Waals surface area contributed by atoms with Crippen LogP contribution in [0.2, 0.25) is 0 Å². The van der Waals surface area contributed by atoms with Gasteiger partial charge in [-0.3, -0.25) is 5.10 Å². The number of fused-ring (bicyclic) bond motifs is 1. The summed E-state index contributed by atoms with van der Waals surface area (Å²) in [5.41, 5.74) is 8.30. The third-order valence-corrected chi connectivity index (χ3v) is 8.56. The van der Waals surface area contributed by atoms with Crippen LogP contribution in [0.5, 0.6) is 0 Å². The van der Waals surface area contributed by atoms with E-state index in [1.54, 1.807) is 0 Å². The lowest BCUT2D eigenvalue weighted by atomic mass is 9.87. The van der Waals surface area contributed by atoms with Crippen LogP contribution in [0.1, 0.15) is 55.8 Å². The van der Waals surface area contributed by atoms with Crippen molar-refractivity contribution >= 4 is 33.8 Å². The standard InChI is InChI=1S/C34H44N8/c1-7-26(20-29(8-2)37-24(4)27-12-10-9-11-13-27)28-21-30-32(39-40-33(30)36-22-28)25(5)38-31-14-15-35-34(23(31)3)42-18-16-41(6)17-19-42/h7-8,14-15,20-22,27,37H,2,4-5,9-13,16-19H2,1,3,6H3,(H,35,38)(H,36,39,40)/b26-7+,29-20+. The van der Waals surface area contributed by atoms with Crippen molar-refractivity contribution in [2.75, 3.05) is 43.4 Å². The van der Waals surface area contributed by atoms with Crippen molar-refractivity contribution in [2.45, 2.75) is 46.0 Å². The Hall–Kier alpha value is -4.17. The molecule has 0 spiro atoms. The SMILES string of the molecule is C=C/C(=C\C(=C/C)c1cnc2n[nH]c(C(=C)Nc3ccnc(N4CCN(C)CC4)c3C)c2c1)NC(=C)C1CCCCC1. The van der Waals surface area contributed by atoms with E-state index >= 15 is 0 Å². The van der Waals surface area contributed by atoms with E-state index in [4.69, 9.17) is 4.98 Å². The first kappa shape index (κ1) is 29.3. The molecule has 0 amide bonds. The van der Waals surface area contributed by atoms with E-state index in [1.807, 2.05) is 31.5 Å². The normalized spacial score (nSPS) is 17.4. The molecule has 220 valence electrons. The van der Waals surface area contributed by atoms with Crippen LogP contribution in [0.25, 0.3) is 22.3 Å². The first-order chi connectivity index (χ1) is 20.4. The summed E-state index contributed by atoms with van der Waals surface area (Å²) in [5.74, 6) is 1.53. The zero-order valence-corrected chi connectivity index (χ0v) is 25.3. The molecule has 1 saturated heterocycles. The molecule has 0 aromatic carbocycles. The first-order valence-electron chi connectivity index (χ1n) is 15.0. The van der Waals surface area contributed by atoms with Gasteiger partial charge in [0.1, 0.15) is 5.82 Å². The summed E-state index contributed by atoms with van der Waals surface area (Å²) in [6.07, 6.45) is 16.0. The minimum atomic E-state index is 0.517. The molecule has 3 N–H and O–H groups in total. The molecular weight excluding hydrogens is 520 g/mol. The van der Waals surface area contributed by atoms with Gasteiger partial charge in [-0.2, -0.15) is 5.10 Å². The second kappa shape index (κ2) is 13.2. The molecule has 0 unspecified atom stereocenters. The third-order valence-electron chi connectivity index (χ3n) is 8.56. The first-order valence-corrected chi connectivity index (χ1v) is 15.0. The lowest BCUT2D eigenvalue weighted by molar-refractivity contribution is 0.312. The highest BCUT2D eigenvalue weighted by Crippen LogP contribution is 2.31. The van der Waals surface area contributed by atoms with E-state index in [0.29, 0.717) is 11.6 Å². The number of anilines is 2. The molecule has 5 rings (SSSR count). The Morgan fingerprint density at radius 3 is 2.57 bits per heavy atom. The Morgan fingerprint density at radius 1 is 1.10 bits per heavy atom. The molecule has 2 fully saturated rings. The Bertz CT molecular complexity index is 1510. The number of aromatic nitrogens is 4. The molecule has 3 aromatic rings. The smallest absolute Gasteiger partial charge is 0.181 e. The molecule has 1 aliphatic heterocycles. The number of hydrogen-bond donors (Lipinski definition) is 3. The van der Waals surface area contributed by atoms with Gasteiger partial charge in [-0.05, 0) is 69.5 Å². The lowest BCUT2D eigenvalue weighted by Gasteiger charge is -2.34. The number of H-pyrrole nitrogens is 1. The van der Waals surface area contributed by atoms with Crippen LogP contribution in [-0.4, -0.2) is 58.3 Å². The Morgan fingerprint density at radius 2 is 1.86 bits per heavy atom. The van der Waals surface area contributed by atoms with Crippen molar-refractivity contribution in [1.29, 1.82) is 0 Å². The third kappa shape index (κ3) is 6.49. The van der Waals surface area contributed by atoms with Gasteiger partial charge in [-0.15, -0.1) is 0 Å². The van der Waals surface area contributed by atoms with Gasteiger partial charge in [0.05, 0.1) is 11.4 Å². The minimum absolute atomic E-state index is 0.517. The van der Waals surface area contributed by atoms with E-state index < -0.39 is 0 Å². The Balaban J connectivity index is 1.35. The van der Waals surface area contributed by atoms with E-state index in [2.05, 4.69) is 87.5 Å². The van der Waals surface area contributed by atoms with Gasteiger partial charge >= 0.3 is 0 Å². The number of aromatic amines is 1. The van der Waals surface area contributed by atoms with Crippen LogP contribution in [0.4, 0.5) is 11.5 Å². The predicted octanol–water partition coefficient (Wildman–Crippen LogP) is 6.65. The van der Waals surface area contributed by atoms with Crippen molar-refractivity contribution < 1.29 is 0 Å². The largest absolute Gasteiger partial charge is 0.359 e. The molecule has 0 radical (unpaired) electrons. The number of pyridine rings is 2. The molecule has 2 aliphatic rings. The molecule has 4 heterocycles. The summed E-state index contributed by atoms with van der Waals surface area (Å²) in [6, 6.07) is 4.11. The summed E-state index contributed by atoms with van der Waals surface area (Å²) >= 11 is 0. The van der Waals surface area contributed by atoms with Gasteiger partial charge in [0.25, 0.3) is 0 Å². The molecule has 42 heavy (non-hydrogen) atoms. The summed E-state index contributed by atoms with van der Waals surface area (Å²) in [4.78, 5) is 14.1. The van der Waals surface area contributed by atoms with Crippen LogP contribution < -0.4 is 15.5 Å². The number of hydrogen-bond acceptors (Lipinski definition) is 7. The van der Waals surface area contributed by atoms with Gasteiger partial charge in [0, 0.05) is 72.2 Å². The highest BCUT2D eigenvalue weighted by molar-refractivity contribution is 5.93. The maximum Gasteiger partial charge on any atom is 0.181 e. The number of nitrogens with one attached hydrogen (secondary N) is 3. The average Bonchev–Trinajstić information content (AvgIpc) is 3.44. The van der Waals surface area contributed by atoms with Crippen LogP contribution in [-0.2, 0) is 0 Å². The topological polar surface area (TPSA) is 85.0 Å². The van der Waals surface area contributed by atoms with Crippen molar-refractivity contribution in [3.8, 4) is 0 Å². The Kier molecular flexibility index (Phi) is 9.22. The molecule has 1 saturated carbocycles. The number of piperazine rings is 1. The lowest BCUT2D eigenvalue weighted by Crippen LogP contribution is -2.45. The number of likely N-dealkylation sites (N-methyl/N-ethyl adjacent to an activating group) is 1. The van der Waals surface area contributed by atoms with Gasteiger partial charge < -0.3 is 20.4 Å². The summed E-state index contributed by atoms with van der Waals surface area (Å²) in [6.45, 7) is 20.9. The van der Waals surface area contributed by atoms with Gasteiger partial charge in [0.15, 0.2) is 5.65 Å². The number of allylic oxidation sites excluding steroid dienone is 5. The van der Waals surface area contributed by atoms with E-state index in [1.165, 1.54) is 32.1 Å². The number of rotatable bonds is 10. The van der Waals surface area contributed by atoms with Crippen LogP contribution >= 0.6 is 0 Å². The summed E-state index contributed by atoms with van der Waals surface area (Å²) in [5, 5.41) is 15.6. The van der Waals surface area contributed by atoms with Crippen molar-refractivity contribution in [1.82, 2.24) is 30.4 Å². The fourth-order valence-corrected chi connectivity index (χ4v) is 5.90. The fraction of sp³-hybridized carbons (Fsp3) is 0.382. The van der Waals surface area contributed by atoms with Crippen molar-refractivity contribution in [3.05, 3.63) is 90.7 Å². The van der Waals surface area contributed by atoms with Crippen LogP contribution in [0, 0.1) is 12.8 Å². The molecule has 1 aliphatic carbocycles. The quantitative estimate of drug-likeness (QED) is 0.238. The van der Waals surface area contributed by atoms with E-state index in [9.17, 15) is 0 Å². The van der Waals surface area contributed by atoms with Gasteiger partial charge in [-0.1, -0.05) is 45.1 Å². The minimum Gasteiger partial charge on any atom is -0.359 e. The van der Waals surface area contributed by atoms with Crippen LogP contribution in [0.15, 0.2) is 73.9 Å². The molecule has 0 atom stereocenters. The van der Waals surface area contributed by atoms with Crippen molar-refractivity contribution in [3.63, 3.8) is 0 Å². The molecule has 8 nitrogen and oxygen atoms in total. The van der Waals surface area contributed by atoms with Crippen LogP contribution in [0.3, 0.4) is 0 Å². The number of nitrogens with zero attached hydrogens (tertiary/aromatic N) is 5. The predicted molar refractivity (Wildman–Crippen MR) is 176 cm³/mol. The second-order valence-electron chi connectivity index (χ2n) is 11.4. The Labute approximate surface area is 250 Å². The fourth-order valence-electron chi connectivity index (χ4n) is 5.90. The average molecular weight is 565 g/mol. The van der Waals surface area contributed by atoms with Gasteiger partial charge in [0.2, 0.25) is 0 Å². The monoisotopic (exact) mass is 564 g/mol. The maximum absolute atomic E-state index is 4.70. The highest BCUT2D eigenvalue weighted by Gasteiger charge is 2.20. The molecule has 8 heteroatoms. The summed E-state index contributed by atoms with van der Waals surface area (Å²) < 4.78 is 0. The van der Waals surface area contributed by atoms with E-state index in [-0.39, 0.29) is 0 Å². The zero-order chi connectivity index (χ0) is 29.6. The molecule has 3 aromatic heterocycles. The van der Waals surface area contributed by atoms with Gasteiger partial charge in [-0.25, -0.2) is 9.97 Å². The van der Waals surface area contributed by atoms with Crippen molar-refractivity contribution in [2.24, 2.45) is 5.92 Å². The summed E-state index contributed by atoms with van der Waals surface area (Å²) in [7, 11) is 2.16. The molecular formula is C34H44N8. The van der Waals surface area contributed by atoms with E-state index in [0.717, 1.165) is 82.6 Å². The maximum atomic E-state index is 4.70. The molecule has 0 bridgehead atoms. The second-order valence-corrected chi connectivity index (χ2v) is 11.4. The zero-order valence-electron chi connectivity index (χ0n) is 25.3. The highest BCUT2D eigenvalue weighted by atomic mass is 15.3.